The zero-order valence-electron chi connectivity index (χ0n) is 10.5. The van der Waals surface area contributed by atoms with Crippen LogP contribution in [0.2, 0.25) is 5.02 Å². The lowest BCUT2D eigenvalue weighted by Crippen LogP contribution is -2.12. The Balaban J connectivity index is 2.47. The van der Waals surface area contributed by atoms with E-state index in [2.05, 4.69) is 10.1 Å². The van der Waals surface area contributed by atoms with Crippen molar-refractivity contribution in [1.29, 1.82) is 0 Å². The average molecular weight is 266 g/mol. The maximum absolute atomic E-state index is 10.5. The van der Waals surface area contributed by atoms with E-state index in [1.165, 1.54) is 0 Å². The van der Waals surface area contributed by atoms with Gasteiger partial charge < -0.3 is 5.11 Å². The molecule has 4 nitrogen and oxygen atoms in total. The molecule has 0 fully saturated rings. The van der Waals surface area contributed by atoms with E-state index in [4.69, 9.17) is 11.6 Å². The zero-order valence-corrected chi connectivity index (χ0v) is 11.2. The Morgan fingerprint density at radius 2 is 2.22 bits per heavy atom. The van der Waals surface area contributed by atoms with Crippen LogP contribution in [0.1, 0.15) is 36.9 Å². The monoisotopic (exact) mass is 265 g/mol. The third-order valence-electron chi connectivity index (χ3n) is 2.96. The average Bonchev–Trinajstić information content (AvgIpc) is 2.79. The van der Waals surface area contributed by atoms with Crippen LogP contribution in [0.3, 0.4) is 0 Å². The van der Waals surface area contributed by atoms with Gasteiger partial charge in [-0.05, 0) is 25.0 Å². The fraction of sp³-hybridized carbons (Fsp3) is 0.385. The summed E-state index contributed by atoms with van der Waals surface area (Å²) in [4.78, 5) is 4.27. The molecular formula is C13H16ClN3O. The van der Waals surface area contributed by atoms with Gasteiger partial charge in [0.05, 0.1) is 22.6 Å². The van der Waals surface area contributed by atoms with E-state index in [0.717, 1.165) is 12.0 Å². The van der Waals surface area contributed by atoms with Crippen molar-refractivity contribution in [3.05, 3.63) is 46.5 Å². The maximum atomic E-state index is 10.5. The van der Waals surface area contributed by atoms with Crippen molar-refractivity contribution < 1.29 is 5.11 Å². The fourth-order valence-electron chi connectivity index (χ4n) is 2.02. The first kappa shape index (κ1) is 13.1. The number of pyridine rings is 1. The minimum Gasteiger partial charge on any atom is -0.380 e. The van der Waals surface area contributed by atoms with Gasteiger partial charge in [-0.3, -0.25) is 9.67 Å². The summed E-state index contributed by atoms with van der Waals surface area (Å²) in [6.07, 6.45) is 3.21. The number of aromatic nitrogens is 3. The Kier molecular flexibility index (Phi) is 3.99. The molecule has 2 aromatic rings. The summed E-state index contributed by atoms with van der Waals surface area (Å²) in [6.45, 7) is 4.65. The molecule has 2 aromatic heterocycles. The SMILES string of the molecule is CCc1cccnc1C(O)c1c(Cl)cnn1CC. The predicted octanol–water partition coefficient (Wildman–Crippen LogP) is 2.60. The number of hydrogen-bond donors (Lipinski definition) is 1. The molecule has 5 heteroatoms. The Hall–Kier alpha value is -1.39. The molecule has 0 aliphatic heterocycles. The van der Waals surface area contributed by atoms with Gasteiger partial charge in [-0.1, -0.05) is 24.6 Å². The highest BCUT2D eigenvalue weighted by atomic mass is 35.5. The van der Waals surface area contributed by atoms with E-state index in [9.17, 15) is 5.11 Å². The lowest BCUT2D eigenvalue weighted by atomic mass is 10.0. The topological polar surface area (TPSA) is 50.9 Å². The summed E-state index contributed by atoms with van der Waals surface area (Å²) >= 11 is 6.09. The van der Waals surface area contributed by atoms with Gasteiger partial charge in [0.15, 0.2) is 0 Å². The number of aliphatic hydroxyl groups excluding tert-OH is 1. The second-order valence-corrected chi connectivity index (χ2v) is 4.40. The molecule has 2 heterocycles. The van der Waals surface area contributed by atoms with Crippen LogP contribution in [-0.4, -0.2) is 19.9 Å². The predicted molar refractivity (Wildman–Crippen MR) is 70.6 cm³/mol. The lowest BCUT2D eigenvalue weighted by molar-refractivity contribution is 0.202. The molecule has 0 radical (unpaired) electrons. The molecular weight excluding hydrogens is 250 g/mol. The van der Waals surface area contributed by atoms with E-state index >= 15 is 0 Å². The van der Waals surface area contributed by atoms with Crippen LogP contribution in [0, 0.1) is 0 Å². The number of aliphatic hydroxyl groups is 1. The van der Waals surface area contributed by atoms with Crippen LogP contribution in [0.15, 0.2) is 24.5 Å². The van der Waals surface area contributed by atoms with Gasteiger partial charge in [0, 0.05) is 12.7 Å². The van der Waals surface area contributed by atoms with Gasteiger partial charge >= 0.3 is 0 Å². The molecule has 0 aliphatic rings. The molecule has 0 aliphatic carbocycles. The molecule has 0 saturated carbocycles. The van der Waals surface area contributed by atoms with Crippen LogP contribution >= 0.6 is 11.6 Å². The maximum Gasteiger partial charge on any atom is 0.139 e. The molecule has 96 valence electrons. The van der Waals surface area contributed by atoms with Crippen molar-refractivity contribution >= 4 is 11.6 Å². The number of halogens is 1. The normalized spacial score (nSPS) is 12.7. The highest BCUT2D eigenvalue weighted by molar-refractivity contribution is 6.31. The number of rotatable bonds is 4. The van der Waals surface area contributed by atoms with Crippen molar-refractivity contribution in [1.82, 2.24) is 14.8 Å². The van der Waals surface area contributed by atoms with Gasteiger partial charge in [0.1, 0.15) is 6.10 Å². The van der Waals surface area contributed by atoms with Crippen molar-refractivity contribution in [3.8, 4) is 0 Å². The van der Waals surface area contributed by atoms with Crippen LogP contribution in [-0.2, 0) is 13.0 Å². The molecule has 18 heavy (non-hydrogen) atoms. The quantitative estimate of drug-likeness (QED) is 0.924. The number of hydrogen-bond acceptors (Lipinski definition) is 3. The molecule has 0 amide bonds. The van der Waals surface area contributed by atoms with E-state index in [1.807, 2.05) is 26.0 Å². The Morgan fingerprint density at radius 3 is 2.89 bits per heavy atom. The second kappa shape index (κ2) is 5.50. The summed E-state index contributed by atoms with van der Waals surface area (Å²) in [7, 11) is 0. The molecule has 1 unspecified atom stereocenters. The minimum atomic E-state index is -0.837. The van der Waals surface area contributed by atoms with Crippen molar-refractivity contribution in [3.63, 3.8) is 0 Å². The highest BCUT2D eigenvalue weighted by Gasteiger charge is 2.22. The summed E-state index contributed by atoms with van der Waals surface area (Å²) in [6, 6.07) is 3.83. The largest absolute Gasteiger partial charge is 0.380 e. The molecule has 1 atom stereocenters. The summed E-state index contributed by atoms with van der Waals surface area (Å²) in [5.74, 6) is 0. The van der Waals surface area contributed by atoms with Crippen LogP contribution < -0.4 is 0 Å². The van der Waals surface area contributed by atoms with E-state index in [-0.39, 0.29) is 0 Å². The third kappa shape index (κ3) is 2.26. The van der Waals surface area contributed by atoms with Gasteiger partial charge in [-0.25, -0.2) is 0 Å². The van der Waals surface area contributed by atoms with Gasteiger partial charge in [0.25, 0.3) is 0 Å². The number of nitrogens with zero attached hydrogens (tertiary/aromatic N) is 3. The molecule has 0 aromatic carbocycles. The summed E-state index contributed by atoms with van der Waals surface area (Å²) in [5.41, 5.74) is 2.27. The smallest absolute Gasteiger partial charge is 0.139 e. The lowest BCUT2D eigenvalue weighted by Gasteiger charge is -2.15. The molecule has 0 bridgehead atoms. The number of aryl methyl sites for hydroxylation is 2. The standard InChI is InChI=1S/C13H16ClN3O/c1-3-9-6-5-7-15-11(9)13(18)12-10(14)8-16-17(12)4-2/h5-8,13,18H,3-4H2,1-2H3. The van der Waals surface area contributed by atoms with Crippen molar-refractivity contribution in [2.45, 2.75) is 32.9 Å². The second-order valence-electron chi connectivity index (χ2n) is 4.00. The van der Waals surface area contributed by atoms with E-state index in [0.29, 0.717) is 23.0 Å². The molecule has 2 rings (SSSR count). The molecule has 0 saturated heterocycles. The zero-order chi connectivity index (χ0) is 13.1. The molecule has 1 N–H and O–H groups in total. The summed E-state index contributed by atoms with van der Waals surface area (Å²) < 4.78 is 1.70. The fourth-order valence-corrected chi connectivity index (χ4v) is 2.27. The third-order valence-corrected chi connectivity index (χ3v) is 3.25. The van der Waals surface area contributed by atoms with Gasteiger partial charge in [0.2, 0.25) is 0 Å². The highest BCUT2D eigenvalue weighted by Crippen LogP contribution is 2.28. The first-order valence-corrected chi connectivity index (χ1v) is 6.39. The van der Waals surface area contributed by atoms with Crippen LogP contribution in [0.4, 0.5) is 0 Å². The Morgan fingerprint density at radius 1 is 1.44 bits per heavy atom. The van der Waals surface area contributed by atoms with Gasteiger partial charge in [-0.2, -0.15) is 5.10 Å². The van der Waals surface area contributed by atoms with Gasteiger partial charge in [-0.15, -0.1) is 0 Å². The summed E-state index contributed by atoms with van der Waals surface area (Å²) in [5, 5.41) is 15.1. The van der Waals surface area contributed by atoms with Crippen LogP contribution in [0.5, 0.6) is 0 Å². The van der Waals surface area contributed by atoms with Crippen molar-refractivity contribution in [2.24, 2.45) is 0 Å². The first-order chi connectivity index (χ1) is 8.69. The van der Waals surface area contributed by atoms with Crippen LogP contribution in [0.25, 0.3) is 0 Å². The minimum absolute atomic E-state index is 0.469. The Bertz CT molecular complexity index is 539. The van der Waals surface area contributed by atoms with E-state index in [1.54, 1.807) is 17.1 Å². The van der Waals surface area contributed by atoms with Crippen molar-refractivity contribution in [2.75, 3.05) is 0 Å². The van der Waals surface area contributed by atoms with E-state index < -0.39 is 6.10 Å². The molecule has 0 spiro atoms. The Labute approximate surface area is 111 Å². The first-order valence-electron chi connectivity index (χ1n) is 6.02.